The SMILES string of the molecule is NC[C@@]1(c2cccc3ccccc23)C[C@H]1CO. The predicted octanol–water partition coefficient (Wildman–Crippen LogP) is 2.05. The summed E-state index contributed by atoms with van der Waals surface area (Å²) in [5.41, 5.74) is 7.26. The summed E-state index contributed by atoms with van der Waals surface area (Å²) in [5, 5.41) is 11.9. The fourth-order valence-electron chi connectivity index (χ4n) is 2.97. The smallest absolute Gasteiger partial charge is 0.0468 e. The molecule has 0 aliphatic heterocycles. The van der Waals surface area contributed by atoms with Crippen LogP contribution in [0.1, 0.15) is 12.0 Å². The average Bonchev–Trinajstić information content (AvgIpc) is 3.13. The zero-order chi connectivity index (χ0) is 11.9. The molecular weight excluding hydrogens is 210 g/mol. The van der Waals surface area contributed by atoms with Crippen molar-refractivity contribution < 1.29 is 5.11 Å². The molecule has 0 amide bonds. The minimum Gasteiger partial charge on any atom is -0.396 e. The molecule has 0 bridgehead atoms. The molecule has 88 valence electrons. The number of hydrogen-bond donors (Lipinski definition) is 2. The van der Waals surface area contributed by atoms with Crippen LogP contribution < -0.4 is 5.73 Å². The van der Waals surface area contributed by atoms with E-state index in [1.165, 1.54) is 16.3 Å². The third-order valence-electron chi connectivity index (χ3n) is 4.14. The van der Waals surface area contributed by atoms with Crippen molar-refractivity contribution in [2.45, 2.75) is 11.8 Å². The average molecular weight is 227 g/mol. The fraction of sp³-hybridized carbons (Fsp3) is 0.333. The monoisotopic (exact) mass is 227 g/mol. The standard InChI is InChI=1S/C15H17NO/c16-10-15(8-12(15)9-17)14-7-3-5-11-4-1-2-6-13(11)14/h1-7,12,17H,8-10,16H2/t12-,15-/m0/s1. The molecule has 0 spiro atoms. The molecule has 0 radical (unpaired) electrons. The van der Waals surface area contributed by atoms with Gasteiger partial charge in [0.15, 0.2) is 0 Å². The molecule has 3 N–H and O–H groups in total. The number of rotatable bonds is 3. The summed E-state index contributed by atoms with van der Waals surface area (Å²) >= 11 is 0. The highest BCUT2D eigenvalue weighted by Gasteiger charge is 2.54. The van der Waals surface area contributed by atoms with E-state index in [9.17, 15) is 5.11 Å². The highest BCUT2D eigenvalue weighted by Crippen LogP contribution is 2.54. The molecule has 17 heavy (non-hydrogen) atoms. The van der Waals surface area contributed by atoms with Gasteiger partial charge >= 0.3 is 0 Å². The van der Waals surface area contributed by atoms with E-state index in [1.807, 2.05) is 0 Å². The first-order valence-electron chi connectivity index (χ1n) is 6.11. The van der Waals surface area contributed by atoms with E-state index in [-0.39, 0.29) is 12.0 Å². The summed E-state index contributed by atoms with van der Waals surface area (Å²) in [7, 11) is 0. The van der Waals surface area contributed by atoms with Crippen LogP contribution in [0.2, 0.25) is 0 Å². The maximum atomic E-state index is 9.35. The van der Waals surface area contributed by atoms with Gasteiger partial charge in [0.1, 0.15) is 0 Å². The van der Waals surface area contributed by atoms with Gasteiger partial charge in [0.05, 0.1) is 0 Å². The van der Waals surface area contributed by atoms with Crippen LogP contribution in [0.15, 0.2) is 42.5 Å². The number of aliphatic hydroxyl groups is 1. The molecule has 0 aromatic heterocycles. The van der Waals surface area contributed by atoms with Gasteiger partial charge in [0.2, 0.25) is 0 Å². The van der Waals surface area contributed by atoms with Crippen LogP contribution in [-0.2, 0) is 5.41 Å². The van der Waals surface area contributed by atoms with E-state index < -0.39 is 0 Å². The molecule has 2 heteroatoms. The van der Waals surface area contributed by atoms with Crippen molar-refractivity contribution in [3.05, 3.63) is 48.0 Å². The zero-order valence-electron chi connectivity index (χ0n) is 9.76. The van der Waals surface area contributed by atoms with Crippen LogP contribution in [0.25, 0.3) is 10.8 Å². The molecule has 3 rings (SSSR count). The Hall–Kier alpha value is -1.38. The summed E-state index contributed by atoms with van der Waals surface area (Å²) in [6.45, 7) is 0.854. The molecule has 0 heterocycles. The summed E-state index contributed by atoms with van der Waals surface area (Å²) in [6.07, 6.45) is 1.01. The quantitative estimate of drug-likeness (QED) is 0.843. The molecule has 2 atom stereocenters. The molecule has 1 aliphatic carbocycles. The van der Waals surface area contributed by atoms with Crippen LogP contribution in [0.3, 0.4) is 0 Å². The number of nitrogens with two attached hydrogens (primary N) is 1. The summed E-state index contributed by atoms with van der Waals surface area (Å²) in [5.74, 6) is 0.332. The van der Waals surface area contributed by atoms with Crippen LogP contribution >= 0.6 is 0 Å². The van der Waals surface area contributed by atoms with Crippen molar-refractivity contribution >= 4 is 10.8 Å². The van der Waals surface area contributed by atoms with E-state index in [0.29, 0.717) is 12.5 Å². The second kappa shape index (κ2) is 3.83. The number of hydrogen-bond acceptors (Lipinski definition) is 2. The second-order valence-electron chi connectivity index (χ2n) is 4.97. The van der Waals surface area contributed by atoms with Crippen LogP contribution in [0.4, 0.5) is 0 Å². The van der Waals surface area contributed by atoms with Gasteiger partial charge in [-0.1, -0.05) is 42.5 Å². The lowest BCUT2D eigenvalue weighted by molar-refractivity contribution is 0.264. The maximum absolute atomic E-state index is 9.35. The van der Waals surface area contributed by atoms with E-state index in [0.717, 1.165) is 6.42 Å². The summed E-state index contributed by atoms with van der Waals surface area (Å²) in [6, 6.07) is 14.8. The third kappa shape index (κ3) is 1.48. The number of benzene rings is 2. The van der Waals surface area contributed by atoms with E-state index >= 15 is 0 Å². The lowest BCUT2D eigenvalue weighted by Gasteiger charge is -2.17. The van der Waals surface area contributed by atoms with Gasteiger partial charge in [-0.2, -0.15) is 0 Å². The molecular formula is C15H17NO. The van der Waals surface area contributed by atoms with E-state index in [4.69, 9.17) is 5.73 Å². The predicted molar refractivity (Wildman–Crippen MR) is 69.9 cm³/mol. The van der Waals surface area contributed by atoms with Crippen molar-refractivity contribution in [2.75, 3.05) is 13.2 Å². The highest BCUT2D eigenvalue weighted by molar-refractivity contribution is 5.87. The van der Waals surface area contributed by atoms with Crippen molar-refractivity contribution in [3.8, 4) is 0 Å². The molecule has 2 aromatic rings. The molecule has 1 saturated carbocycles. The molecule has 0 saturated heterocycles. The Kier molecular flexibility index (Phi) is 2.42. The minimum absolute atomic E-state index is 0.00954. The first-order chi connectivity index (χ1) is 8.31. The lowest BCUT2D eigenvalue weighted by atomic mass is 9.89. The van der Waals surface area contributed by atoms with Crippen molar-refractivity contribution in [3.63, 3.8) is 0 Å². The van der Waals surface area contributed by atoms with Gasteiger partial charge in [-0.05, 0) is 28.7 Å². The van der Waals surface area contributed by atoms with Gasteiger partial charge in [0.25, 0.3) is 0 Å². The van der Waals surface area contributed by atoms with Crippen molar-refractivity contribution in [1.82, 2.24) is 0 Å². The maximum Gasteiger partial charge on any atom is 0.0468 e. The molecule has 2 aromatic carbocycles. The number of aliphatic hydroxyl groups excluding tert-OH is 1. The largest absolute Gasteiger partial charge is 0.396 e. The molecule has 1 fully saturated rings. The summed E-state index contributed by atoms with van der Waals surface area (Å²) < 4.78 is 0. The van der Waals surface area contributed by atoms with E-state index in [1.54, 1.807) is 0 Å². The molecule has 2 nitrogen and oxygen atoms in total. The van der Waals surface area contributed by atoms with Gasteiger partial charge in [-0.15, -0.1) is 0 Å². The Morgan fingerprint density at radius 3 is 2.65 bits per heavy atom. The fourth-order valence-corrected chi connectivity index (χ4v) is 2.97. The van der Waals surface area contributed by atoms with Crippen molar-refractivity contribution in [1.29, 1.82) is 0 Å². The topological polar surface area (TPSA) is 46.2 Å². The Bertz CT molecular complexity index is 546. The first-order valence-corrected chi connectivity index (χ1v) is 6.11. The number of fused-ring (bicyclic) bond motifs is 1. The Labute approximate surface area is 101 Å². The normalized spacial score (nSPS) is 27.3. The Morgan fingerprint density at radius 1 is 1.18 bits per heavy atom. The highest BCUT2D eigenvalue weighted by atomic mass is 16.3. The lowest BCUT2D eigenvalue weighted by Crippen LogP contribution is -2.23. The molecule has 0 unspecified atom stereocenters. The minimum atomic E-state index is 0.00954. The van der Waals surface area contributed by atoms with Crippen LogP contribution in [0.5, 0.6) is 0 Å². The van der Waals surface area contributed by atoms with Crippen LogP contribution in [-0.4, -0.2) is 18.3 Å². The van der Waals surface area contributed by atoms with Gasteiger partial charge in [0, 0.05) is 18.6 Å². The van der Waals surface area contributed by atoms with E-state index in [2.05, 4.69) is 42.5 Å². The van der Waals surface area contributed by atoms with Crippen molar-refractivity contribution in [2.24, 2.45) is 11.7 Å². The van der Waals surface area contributed by atoms with Gasteiger partial charge in [-0.25, -0.2) is 0 Å². The Morgan fingerprint density at radius 2 is 1.94 bits per heavy atom. The third-order valence-corrected chi connectivity index (χ3v) is 4.14. The van der Waals surface area contributed by atoms with Gasteiger partial charge < -0.3 is 10.8 Å². The zero-order valence-corrected chi connectivity index (χ0v) is 9.76. The van der Waals surface area contributed by atoms with Gasteiger partial charge in [-0.3, -0.25) is 0 Å². The Balaban J connectivity index is 2.18. The first kappa shape index (κ1) is 10.8. The summed E-state index contributed by atoms with van der Waals surface area (Å²) in [4.78, 5) is 0. The second-order valence-corrected chi connectivity index (χ2v) is 4.97. The molecule has 1 aliphatic rings. The van der Waals surface area contributed by atoms with Crippen LogP contribution in [0, 0.1) is 5.92 Å².